The number of aromatic amines is 1. The Bertz CT molecular complexity index is 572. The summed E-state index contributed by atoms with van der Waals surface area (Å²) in [5.41, 5.74) is 7.41. The van der Waals surface area contributed by atoms with Crippen LogP contribution in [-0.4, -0.2) is 26.8 Å². The maximum Gasteiger partial charge on any atom is 0.323 e. The molecule has 17 heavy (non-hydrogen) atoms. The number of H-pyrrole nitrogens is 1. The molecular formula is C12H15N3O2. The topological polar surface area (TPSA) is 92.0 Å². The van der Waals surface area contributed by atoms with E-state index in [2.05, 4.69) is 10.2 Å². The van der Waals surface area contributed by atoms with Crippen LogP contribution in [0.15, 0.2) is 18.3 Å². The Hall–Kier alpha value is -1.88. The zero-order valence-corrected chi connectivity index (χ0v) is 9.82. The smallest absolute Gasteiger partial charge is 0.323 e. The van der Waals surface area contributed by atoms with Gasteiger partial charge in [0.15, 0.2) is 0 Å². The van der Waals surface area contributed by atoms with Gasteiger partial charge >= 0.3 is 5.97 Å². The van der Waals surface area contributed by atoms with E-state index < -0.39 is 11.5 Å². The summed E-state index contributed by atoms with van der Waals surface area (Å²) >= 11 is 0. The Kier molecular flexibility index (Phi) is 2.63. The first-order chi connectivity index (χ1) is 7.90. The number of nitrogens with two attached hydrogens (primary N) is 1. The second-order valence-electron chi connectivity index (χ2n) is 4.65. The summed E-state index contributed by atoms with van der Waals surface area (Å²) in [4.78, 5) is 11.0. The van der Waals surface area contributed by atoms with E-state index in [4.69, 9.17) is 10.8 Å². The largest absolute Gasteiger partial charge is 0.480 e. The van der Waals surface area contributed by atoms with E-state index in [0.29, 0.717) is 6.42 Å². The number of nitrogens with zero attached hydrogens (tertiary/aromatic N) is 1. The van der Waals surface area contributed by atoms with Crippen molar-refractivity contribution in [3.8, 4) is 0 Å². The molecular weight excluding hydrogens is 218 g/mol. The van der Waals surface area contributed by atoms with Crippen LogP contribution in [0, 0.1) is 6.92 Å². The zero-order valence-electron chi connectivity index (χ0n) is 9.82. The lowest BCUT2D eigenvalue weighted by molar-refractivity contribution is -0.142. The minimum Gasteiger partial charge on any atom is -0.480 e. The quantitative estimate of drug-likeness (QED) is 0.743. The second kappa shape index (κ2) is 3.85. The number of aryl methyl sites for hydroxylation is 1. The lowest BCUT2D eigenvalue weighted by Gasteiger charge is -2.19. The fraction of sp³-hybridized carbons (Fsp3) is 0.333. The molecule has 2 aromatic rings. The minimum absolute atomic E-state index is 0.296. The van der Waals surface area contributed by atoms with Crippen LogP contribution in [0.25, 0.3) is 10.9 Å². The van der Waals surface area contributed by atoms with Gasteiger partial charge in [0.1, 0.15) is 5.54 Å². The standard InChI is InChI=1S/C12H15N3O2/c1-7-3-8(5-12(2,13)11(16)17)4-9-6-14-15-10(7)9/h3-4,6H,5,13H2,1-2H3,(H,14,15)(H,16,17). The van der Waals surface area contributed by atoms with E-state index in [1.165, 1.54) is 6.92 Å². The molecule has 0 fully saturated rings. The van der Waals surface area contributed by atoms with Crippen LogP contribution in [0.1, 0.15) is 18.1 Å². The van der Waals surface area contributed by atoms with Gasteiger partial charge in [0.25, 0.3) is 0 Å². The van der Waals surface area contributed by atoms with Crippen LogP contribution >= 0.6 is 0 Å². The van der Waals surface area contributed by atoms with Crippen LogP contribution in [0.3, 0.4) is 0 Å². The second-order valence-corrected chi connectivity index (χ2v) is 4.65. The number of hydrogen-bond acceptors (Lipinski definition) is 3. The molecule has 4 N–H and O–H groups in total. The molecule has 1 heterocycles. The number of hydrogen-bond donors (Lipinski definition) is 3. The van der Waals surface area contributed by atoms with Gasteiger partial charge in [0.2, 0.25) is 0 Å². The van der Waals surface area contributed by atoms with Crippen molar-refractivity contribution in [3.05, 3.63) is 29.5 Å². The van der Waals surface area contributed by atoms with Crippen molar-refractivity contribution in [3.63, 3.8) is 0 Å². The highest BCUT2D eigenvalue weighted by Gasteiger charge is 2.28. The minimum atomic E-state index is -1.25. The van der Waals surface area contributed by atoms with Gasteiger partial charge in [-0.1, -0.05) is 6.07 Å². The van der Waals surface area contributed by atoms with Crippen molar-refractivity contribution in [2.75, 3.05) is 0 Å². The molecule has 0 amide bonds. The third kappa shape index (κ3) is 2.14. The summed E-state index contributed by atoms with van der Waals surface area (Å²) in [6, 6.07) is 3.86. The highest BCUT2D eigenvalue weighted by atomic mass is 16.4. The first kappa shape index (κ1) is 11.6. The third-order valence-corrected chi connectivity index (χ3v) is 2.87. The van der Waals surface area contributed by atoms with E-state index in [-0.39, 0.29) is 0 Å². The Morgan fingerprint density at radius 2 is 2.29 bits per heavy atom. The summed E-state index contributed by atoms with van der Waals surface area (Å²) in [7, 11) is 0. The monoisotopic (exact) mass is 233 g/mol. The van der Waals surface area contributed by atoms with Crippen LogP contribution in [-0.2, 0) is 11.2 Å². The number of carbonyl (C=O) groups is 1. The van der Waals surface area contributed by atoms with Gasteiger partial charge in [-0.05, 0) is 31.0 Å². The maximum atomic E-state index is 11.0. The van der Waals surface area contributed by atoms with E-state index in [0.717, 1.165) is 22.0 Å². The zero-order chi connectivity index (χ0) is 12.6. The predicted octanol–water partition coefficient (Wildman–Crippen LogP) is 1.22. The van der Waals surface area contributed by atoms with E-state index in [1.54, 1.807) is 6.20 Å². The van der Waals surface area contributed by atoms with Crippen molar-refractivity contribution in [2.24, 2.45) is 5.73 Å². The Morgan fingerprint density at radius 3 is 2.94 bits per heavy atom. The molecule has 90 valence electrons. The van der Waals surface area contributed by atoms with Crippen molar-refractivity contribution < 1.29 is 9.90 Å². The van der Waals surface area contributed by atoms with Gasteiger partial charge < -0.3 is 10.8 Å². The maximum absolute atomic E-state index is 11.0. The van der Waals surface area contributed by atoms with Gasteiger partial charge in [0.05, 0.1) is 11.7 Å². The molecule has 2 rings (SSSR count). The fourth-order valence-corrected chi connectivity index (χ4v) is 1.91. The SMILES string of the molecule is Cc1cc(CC(C)(N)C(=O)O)cc2cn[nH]c12. The molecule has 0 radical (unpaired) electrons. The molecule has 1 unspecified atom stereocenters. The molecule has 0 bridgehead atoms. The Morgan fingerprint density at radius 1 is 1.59 bits per heavy atom. The first-order valence-electron chi connectivity index (χ1n) is 5.35. The van der Waals surface area contributed by atoms with Gasteiger partial charge in [-0.15, -0.1) is 0 Å². The summed E-state index contributed by atoms with van der Waals surface area (Å²) in [6.45, 7) is 3.48. The Balaban J connectivity index is 2.40. The average molecular weight is 233 g/mol. The number of carboxylic acids is 1. The van der Waals surface area contributed by atoms with E-state index in [1.807, 2.05) is 19.1 Å². The van der Waals surface area contributed by atoms with Gasteiger partial charge in [-0.2, -0.15) is 5.10 Å². The molecule has 0 spiro atoms. The van der Waals surface area contributed by atoms with Crippen LogP contribution < -0.4 is 5.73 Å². The van der Waals surface area contributed by atoms with Gasteiger partial charge in [-0.25, -0.2) is 0 Å². The molecule has 1 atom stereocenters. The number of nitrogens with one attached hydrogen (secondary N) is 1. The lowest BCUT2D eigenvalue weighted by Crippen LogP contribution is -2.46. The first-order valence-corrected chi connectivity index (χ1v) is 5.35. The molecule has 0 aliphatic carbocycles. The number of fused-ring (bicyclic) bond motifs is 1. The number of rotatable bonds is 3. The number of aliphatic carboxylic acids is 1. The van der Waals surface area contributed by atoms with Gasteiger partial charge in [0, 0.05) is 11.8 Å². The number of aromatic nitrogens is 2. The molecule has 0 saturated heterocycles. The molecule has 0 aliphatic rings. The molecule has 1 aromatic carbocycles. The summed E-state index contributed by atoms with van der Waals surface area (Å²) < 4.78 is 0. The lowest BCUT2D eigenvalue weighted by atomic mass is 9.92. The normalized spacial score (nSPS) is 14.8. The van der Waals surface area contributed by atoms with Gasteiger partial charge in [-0.3, -0.25) is 9.89 Å². The molecule has 0 aliphatic heterocycles. The number of carboxylic acid groups (broad SMARTS) is 1. The molecule has 0 saturated carbocycles. The van der Waals surface area contributed by atoms with E-state index >= 15 is 0 Å². The summed E-state index contributed by atoms with van der Waals surface area (Å²) in [5, 5.41) is 16.8. The van der Waals surface area contributed by atoms with Crippen molar-refractivity contribution in [1.29, 1.82) is 0 Å². The molecule has 5 nitrogen and oxygen atoms in total. The van der Waals surface area contributed by atoms with Crippen molar-refractivity contribution >= 4 is 16.9 Å². The predicted molar refractivity (Wildman–Crippen MR) is 64.8 cm³/mol. The molecule has 1 aromatic heterocycles. The number of benzene rings is 1. The Labute approximate surface area is 98.6 Å². The molecule has 5 heteroatoms. The van der Waals surface area contributed by atoms with Crippen LogP contribution in [0.4, 0.5) is 0 Å². The van der Waals surface area contributed by atoms with Crippen molar-refractivity contribution in [1.82, 2.24) is 10.2 Å². The highest BCUT2D eigenvalue weighted by Crippen LogP contribution is 2.20. The van der Waals surface area contributed by atoms with Crippen molar-refractivity contribution in [2.45, 2.75) is 25.8 Å². The van der Waals surface area contributed by atoms with Crippen LogP contribution in [0.5, 0.6) is 0 Å². The summed E-state index contributed by atoms with van der Waals surface area (Å²) in [6.07, 6.45) is 2.02. The fourth-order valence-electron chi connectivity index (χ4n) is 1.91. The average Bonchev–Trinajstić information content (AvgIpc) is 2.64. The highest BCUT2D eigenvalue weighted by molar-refractivity contribution is 5.83. The third-order valence-electron chi connectivity index (χ3n) is 2.87. The van der Waals surface area contributed by atoms with E-state index in [9.17, 15) is 4.79 Å². The van der Waals surface area contributed by atoms with Crippen LogP contribution in [0.2, 0.25) is 0 Å². The summed E-state index contributed by atoms with van der Waals surface area (Å²) in [5.74, 6) is -0.998.